The normalized spacial score (nSPS) is 11.4. The van der Waals surface area contributed by atoms with Crippen LogP contribution < -0.4 is 10.1 Å². The molecule has 7 aromatic rings. The molecule has 0 spiro atoms. The lowest BCUT2D eigenvalue weighted by molar-refractivity contribution is 0.102. The SMILES string of the molecule is COc1ccc(-c2nc(C(=O)Nc3nnc(-c4cc5ccccc5[nH]4)s3)cc3c2[nH]c2ccccc23)cc1. The van der Waals surface area contributed by atoms with Crippen LogP contribution in [-0.2, 0) is 0 Å². The number of nitrogens with one attached hydrogen (secondary N) is 3. The largest absolute Gasteiger partial charge is 0.497 e. The molecular weight excluding hydrogens is 496 g/mol. The smallest absolute Gasteiger partial charge is 0.276 e. The van der Waals surface area contributed by atoms with E-state index in [9.17, 15) is 4.79 Å². The van der Waals surface area contributed by atoms with E-state index in [1.54, 1.807) is 7.11 Å². The Bertz CT molecular complexity index is 1940. The zero-order valence-electron chi connectivity index (χ0n) is 20.1. The van der Waals surface area contributed by atoms with Crippen molar-refractivity contribution in [3.63, 3.8) is 0 Å². The number of ether oxygens (including phenoxy) is 1. The first-order chi connectivity index (χ1) is 18.7. The number of hydrogen-bond donors (Lipinski definition) is 3. The van der Waals surface area contributed by atoms with Crippen LogP contribution in [0, 0.1) is 0 Å². The van der Waals surface area contributed by atoms with E-state index in [1.807, 2.05) is 84.9 Å². The molecular formula is C29H20N6O2S. The third kappa shape index (κ3) is 3.77. The molecule has 0 saturated heterocycles. The van der Waals surface area contributed by atoms with Crippen molar-refractivity contribution in [3.8, 4) is 27.7 Å². The molecule has 0 aliphatic rings. The van der Waals surface area contributed by atoms with Gasteiger partial charge < -0.3 is 14.7 Å². The Labute approximate surface area is 220 Å². The van der Waals surface area contributed by atoms with Crippen LogP contribution >= 0.6 is 11.3 Å². The Morgan fingerprint density at radius 2 is 1.66 bits per heavy atom. The van der Waals surface area contributed by atoms with Gasteiger partial charge in [-0.1, -0.05) is 47.7 Å². The minimum Gasteiger partial charge on any atom is -0.497 e. The van der Waals surface area contributed by atoms with Crippen LogP contribution in [-0.4, -0.2) is 38.2 Å². The lowest BCUT2D eigenvalue weighted by atomic mass is 10.1. The van der Waals surface area contributed by atoms with Gasteiger partial charge in [-0.3, -0.25) is 10.1 Å². The van der Waals surface area contributed by atoms with Crippen molar-refractivity contribution in [3.05, 3.63) is 90.6 Å². The lowest BCUT2D eigenvalue weighted by Crippen LogP contribution is -2.14. The molecule has 3 aromatic carbocycles. The van der Waals surface area contributed by atoms with Gasteiger partial charge in [0, 0.05) is 32.8 Å². The number of methoxy groups -OCH3 is 1. The number of para-hydroxylation sites is 2. The predicted molar refractivity (Wildman–Crippen MR) is 151 cm³/mol. The van der Waals surface area contributed by atoms with Gasteiger partial charge in [-0.15, -0.1) is 10.2 Å². The molecule has 9 heteroatoms. The summed E-state index contributed by atoms with van der Waals surface area (Å²) in [5, 5.41) is 15.5. The highest BCUT2D eigenvalue weighted by atomic mass is 32.1. The minimum atomic E-state index is -0.355. The fourth-order valence-electron chi connectivity index (χ4n) is 4.65. The van der Waals surface area contributed by atoms with Gasteiger partial charge in [-0.2, -0.15) is 0 Å². The van der Waals surface area contributed by atoms with E-state index in [0.29, 0.717) is 15.8 Å². The number of hydrogen-bond acceptors (Lipinski definition) is 6. The van der Waals surface area contributed by atoms with Crippen molar-refractivity contribution in [1.82, 2.24) is 25.1 Å². The van der Waals surface area contributed by atoms with Gasteiger partial charge in [-0.05, 0) is 48.5 Å². The highest BCUT2D eigenvalue weighted by Crippen LogP contribution is 2.34. The molecule has 0 fully saturated rings. The van der Waals surface area contributed by atoms with Crippen molar-refractivity contribution < 1.29 is 9.53 Å². The van der Waals surface area contributed by atoms with Gasteiger partial charge in [0.25, 0.3) is 5.91 Å². The molecule has 0 aliphatic heterocycles. The summed E-state index contributed by atoms with van der Waals surface area (Å²) in [6.45, 7) is 0. The molecule has 0 aliphatic carbocycles. The fraction of sp³-hybridized carbons (Fsp3) is 0.0345. The maximum absolute atomic E-state index is 13.4. The lowest BCUT2D eigenvalue weighted by Gasteiger charge is -2.08. The fourth-order valence-corrected chi connectivity index (χ4v) is 5.36. The first kappa shape index (κ1) is 22.2. The number of rotatable bonds is 5. The first-order valence-corrected chi connectivity index (χ1v) is 12.8. The summed E-state index contributed by atoms with van der Waals surface area (Å²) in [6.07, 6.45) is 0. The van der Waals surface area contributed by atoms with E-state index in [0.717, 1.165) is 49.7 Å². The minimum absolute atomic E-state index is 0.287. The van der Waals surface area contributed by atoms with E-state index in [-0.39, 0.29) is 11.6 Å². The van der Waals surface area contributed by atoms with Gasteiger partial charge in [0.05, 0.1) is 24.0 Å². The van der Waals surface area contributed by atoms with Crippen LogP contribution in [0.3, 0.4) is 0 Å². The molecule has 38 heavy (non-hydrogen) atoms. The Kier molecular flexibility index (Phi) is 5.15. The molecule has 0 unspecified atom stereocenters. The van der Waals surface area contributed by atoms with E-state index in [4.69, 9.17) is 9.72 Å². The summed E-state index contributed by atoms with van der Waals surface area (Å²) in [5.74, 6) is 0.392. The van der Waals surface area contributed by atoms with E-state index >= 15 is 0 Å². The first-order valence-electron chi connectivity index (χ1n) is 11.9. The third-order valence-electron chi connectivity index (χ3n) is 6.50. The maximum atomic E-state index is 13.4. The quantitative estimate of drug-likeness (QED) is 0.238. The maximum Gasteiger partial charge on any atom is 0.276 e. The zero-order valence-corrected chi connectivity index (χ0v) is 21.0. The monoisotopic (exact) mass is 516 g/mol. The number of aromatic amines is 2. The van der Waals surface area contributed by atoms with Crippen LogP contribution in [0.4, 0.5) is 5.13 Å². The molecule has 8 nitrogen and oxygen atoms in total. The van der Waals surface area contributed by atoms with E-state index in [1.165, 1.54) is 11.3 Å². The number of carbonyl (C=O) groups is 1. The molecule has 3 N–H and O–H groups in total. The Balaban J connectivity index is 1.27. The second-order valence-corrected chi connectivity index (χ2v) is 9.79. The van der Waals surface area contributed by atoms with Crippen LogP contribution in [0.2, 0.25) is 0 Å². The van der Waals surface area contributed by atoms with Crippen LogP contribution in [0.5, 0.6) is 5.75 Å². The standard InChI is InChI=1S/C29H20N6O2S/c1-37-18-12-10-16(11-13-18)25-26-20(19-7-3-5-9-22(19)31-26)15-23(32-25)27(36)33-29-35-34-28(38-29)24-14-17-6-2-4-8-21(17)30-24/h2-15,30-31H,1H3,(H,33,35,36). The number of carbonyl (C=O) groups excluding carboxylic acids is 1. The van der Waals surface area contributed by atoms with Crippen molar-refractivity contribution in [1.29, 1.82) is 0 Å². The van der Waals surface area contributed by atoms with Gasteiger partial charge in [-0.25, -0.2) is 4.98 Å². The average molecular weight is 517 g/mol. The summed E-state index contributed by atoms with van der Waals surface area (Å²) in [4.78, 5) is 25.0. The highest BCUT2D eigenvalue weighted by molar-refractivity contribution is 7.18. The summed E-state index contributed by atoms with van der Waals surface area (Å²) >= 11 is 1.30. The van der Waals surface area contributed by atoms with Crippen LogP contribution in [0.15, 0.2) is 84.9 Å². The van der Waals surface area contributed by atoms with Crippen molar-refractivity contribution in [2.24, 2.45) is 0 Å². The molecule has 0 bridgehead atoms. The Hall–Kier alpha value is -5.02. The molecule has 4 aromatic heterocycles. The summed E-state index contributed by atoms with van der Waals surface area (Å²) in [7, 11) is 1.63. The second-order valence-electron chi connectivity index (χ2n) is 8.81. The molecule has 0 atom stereocenters. The average Bonchev–Trinajstić information content (AvgIpc) is 3.69. The molecule has 1 amide bonds. The predicted octanol–water partition coefficient (Wildman–Crippen LogP) is 6.64. The number of fused-ring (bicyclic) bond motifs is 4. The van der Waals surface area contributed by atoms with E-state index < -0.39 is 0 Å². The second kappa shape index (κ2) is 8.82. The van der Waals surface area contributed by atoms with Crippen LogP contribution in [0.25, 0.3) is 54.7 Å². The molecule has 0 radical (unpaired) electrons. The number of aromatic nitrogens is 5. The Morgan fingerprint density at radius 1 is 0.868 bits per heavy atom. The van der Waals surface area contributed by atoms with Gasteiger partial charge in [0.1, 0.15) is 11.4 Å². The number of anilines is 1. The number of H-pyrrole nitrogens is 2. The number of amides is 1. The molecule has 4 heterocycles. The summed E-state index contributed by atoms with van der Waals surface area (Å²) < 4.78 is 5.31. The van der Waals surface area contributed by atoms with Crippen LogP contribution in [0.1, 0.15) is 10.5 Å². The zero-order chi connectivity index (χ0) is 25.6. The number of benzene rings is 3. The highest BCUT2D eigenvalue weighted by Gasteiger charge is 2.19. The summed E-state index contributed by atoms with van der Waals surface area (Å²) in [6, 6.07) is 27.5. The number of nitrogens with zero attached hydrogens (tertiary/aromatic N) is 3. The number of pyridine rings is 1. The van der Waals surface area contributed by atoms with Crippen molar-refractivity contribution in [2.75, 3.05) is 12.4 Å². The molecule has 0 saturated carbocycles. The Morgan fingerprint density at radius 3 is 2.47 bits per heavy atom. The third-order valence-corrected chi connectivity index (χ3v) is 7.37. The van der Waals surface area contributed by atoms with Gasteiger partial charge >= 0.3 is 0 Å². The van der Waals surface area contributed by atoms with Gasteiger partial charge in [0.2, 0.25) is 5.13 Å². The van der Waals surface area contributed by atoms with E-state index in [2.05, 4.69) is 25.5 Å². The topological polar surface area (TPSA) is 109 Å². The van der Waals surface area contributed by atoms with Crippen molar-refractivity contribution >= 4 is 55.1 Å². The summed E-state index contributed by atoms with van der Waals surface area (Å²) in [5.41, 5.74) is 5.55. The molecule has 184 valence electrons. The van der Waals surface area contributed by atoms with Gasteiger partial charge in [0.15, 0.2) is 5.01 Å². The van der Waals surface area contributed by atoms with Crippen molar-refractivity contribution in [2.45, 2.75) is 0 Å². The molecule has 7 rings (SSSR count).